The third-order valence-corrected chi connectivity index (χ3v) is 3.94. The Morgan fingerprint density at radius 3 is 2.64 bits per heavy atom. The van der Waals surface area contributed by atoms with E-state index < -0.39 is 49.8 Å². The molecule has 6 N–H and O–H groups in total. The highest BCUT2D eigenvalue weighted by Gasteiger charge is 2.44. The van der Waals surface area contributed by atoms with Crippen molar-refractivity contribution in [3.63, 3.8) is 0 Å². The first-order valence-electron chi connectivity index (χ1n) is 7.38. The molecule has 0 radical (unpaired) electrons. The summed E-state index contributed by atoms with van der Waals surface area (Å²) in [5.41, 5.74) is 0.411. The van der Waals surface area contributed by atoms with Crippen LogP contribution in [-0.4, -0.2) is 88.6 Å². The van der Waals surface area contributed by atoms with Crippen LogP contribution in [0.25, 0.3) is 11.2 Å². The number of nitrogens with zero attached hydrogens (tertiary/aromatic N) is 4. The fourth-order valence-corrected chi connectivity index (χ4v) is 2.60. The molecule has 0 saturated carbocycles. The second-order valence-corrected chi connectivity index (χ2v) is 5.49. The largest absolute Gasteiger partial charge is 0.480 e. The molecule has 0 aromatic carbocycles. The van der Waals surface area contributed by atoms with Gasteiger partial charge in [-0.2, -0.15) is 0 Å². The lowest BCUT2D eigenvalue weighted by Crippen LogP contribution is -2.33. The first kappa shape index (κ1) is 17.4. The summed E-state index contributed by atoms with van der Waals surface area (Å²) in [4.78, 5) is 23.1. The molecule has 5 unspecified atom stereocenters. The van der Waals surface area contributed by atoms with Crippen molar-refractivity contribution in [2.24, 2.45) is 0 Å². The molecule has 0 spiro atoms. The van der Waals surface area contributed by atoms with E-state index in [-0.39, 0.29) is 17.0 Å². The second kappa shape index (κ2) is 6.85. The van der Waals surface area contributed by atoms with Crippen LogP contribution in [0, 0.1) is 0 Å². The van der Waals surface area contributed by atoms with Gasteiger partial charge in [-0.15, -0.1) is 0 Å². The van der Waals surface area contributed by atoms with Crippen molar-refractivity contribution in [3.8, 4) is 0 Å². The van der Waals surface area contributed by atoms with E-state index in [1.165, 1.54) is 10.9 Å². The molecule has 2 aromatic rings. The highest BCUT2D eigenvalue weighted by Crippen LogP contribution is 2.32. The number of hydrogen-bond acceptors (Lipinski definition) is 10. The first-order chi connectivity index (χ1) is 12.0. The van der Waals surface area contributed by atoms with Crippen molar-refractivity contribution in [1.29, 1.82) is 0 Å². The van der Waals surface area contributed by atoms with Gasteiger partial charge in [0.2, 0.25) is 0 Å². The lowest BCUT2D eigenvalue weighted by molar-refractivity contribution is -0.138. The van der Waals surface area contributed by atoms with Gasteiger partial charge < -0.3 is 35.6 Å². The van der Waals surface area contributed by atoms with E-state index in [4.69, 9.17) is 20.1 Å². The van der Waals surface area contributed by atoms with Crippen molar-refractivity contribution in [2.45, 2.75) is 30.6 Å². The number of carboxylic acids is 1. The molecule has 0 bridgehead atoms. The number of ether oxygens (including phenoxy) is 1. The number of aliphatic hydroxyl groups excluding tert-OH is 4. The highest BCUT2D eigenvalue weighted by molar-refractivity contribution is 5.86. The van der Waals surface area contributed by atoms with E-state index >= 15 is 0 Å². The van der Waals surface area contributed by atoms with E-state index in [0.29, 0.717) is 0 Å². The maximum atomic E-state index is 11.0. The van der Waals surface area contributed by atoms with Crippen molar-refractivity contribution in [3.05, 3.63) is 12.7 Å². The third-order valence-electron chi connectivity index (χ3n) is 3.94. The van der Waals surface area contributed by atoms with Crippen LogP contribution in [-0.2, 0) is 9.53 Å². The minimum absolute atomic E-state index is 0.0805. The van der Waals surface area contributed by atoms with E-state index in [9.17, 15) is 15.0 Å². The van der Waals surface area contributed by atoms with Gasteiger partial charge in [0.15, 0.2) is 23.2 Å². The van der Waals surface area contributed by atoms with E-state index in [1.54, 1.807) is 0 Å². The Labute approximate surface area is 140 Å². The number of nitrogens with one attached hydrogen (secondary N) is 1. The minimum Gasteiger partial charge on any atom is -0.480 e. The van der Waals surface area contributed by atoms with Gasteiger partial charge in [-0.25, -0.2) is 19.7 Å². The molecule has 12 heteroatoms. The zero-order chi connectivity index (χ0) is 18.1. The number of aromatic nitrogens is 4. The van der Waals surface area contributed by atoms with Crippen LogP contribution in [0.15, 0.2) is 12.7 Å². The molecule has 12 nitrogen and oxygen atoms in total. The van der Waals surface area contributed by atoms with Crippen LogP contribution in [0.5, 0.6) is 0 Å². The fourth-order valence-electron chi connectivity index (χ4n) is 2.60. The smallest absolute Gasteiger partial charge is 0.328 e. The number of rotatable bonds is 6. The Bertz CT molecular complexity index is 768. The van der Waals surface area contributed by atoms with Crippen molar-refractivity contribution < 1.29 is 35.1 Å². The predicted octanol–water partition coefficient (Wildman–Crippen LogP) is -2.70. The van der Waals surface area contributed by atoms with Crippen LogP contribution in [0.4, 0.5) is 5.82 Å². The molecule has 0 amide bonds. The molecule has 1 fully saturated rings. The zero-order valence-corrected chi connectivity index (χ0v) is 12.8. The number of carboxylic acid groups (broad SMARTS) is 1. The number of carbonyl (C=O) groups is 1. The van der Waals surface area contributed by atoms with Crippen LogP contribution >= 0.6 is 0 Å². The number of fused-ring (bicyclic) bond motifs is 1. The molecule has 3 heterocycles. The van der Waals surface area contributed by atoms with Crippen LogP contribution in [0.1, 0.15) is 6.23 Å². The average molecular weight is 355 g/mol. The summed E-state index contributed by atoms with van der Waals surface area (Å²) in [6, 6.07) is -1.28. The van der Waals surface area contributed by atoms with E-state index in [2.05, 4.69) is 20.3 Å². The highest BCUT2D eigenvalue weighted by atomic mass is 16.6. The monoisotopic (exact) mass is 355 g/mol. The normalized spacial score (nSPS) is 27.5. The summed E-state index contributed by atoms with van der Waals surface area (Å²) in [6.45, 7) is -1.13. The molecule has 5 atom stereocenters. The Hall–Kier alpha value is -2.38. The predicted molar refractivity (Wildman–Crippen MR) is 80.5 cm³/mol. The fraction of sp³-hybridized carbons (Fsp3) is 0.538. The van der Waals surface area contributed by atoms with Crippen LogP contribution in [0.2, 0.25) is 0 Å². The van der Waals surface area contributed by atoms with E-state index in [1.807, 2.05) is 0 Å². The van der Waals surface area contributed by atoms with Crippen LogP contribution < -0.4 is 5.32 Å². The lowest BCUT2D eigenvalue weighted by atomic mass is 10.1. The number of imidazole rings is 1. The van der Waals surface area contributed by atoms with Gasteiger partial charge in [-0.3, -0.25) is 4.57 Å². The Balaban J connectivity index is 1.95. The topological polar surface area (TPSA) is 183 Å². The maximum absolute atomic E-state index is 11.0. The molecule has 1 saturated heterocycles. The van der Waals surface area contributed by atoms with Gasteiger partial charge in [0.25, 0.3) is 0 Å². The molecule has 25 heavy (non-hydrogen) atoms. The van der Waals surface area contributed by atoms with Crippen molar-refractivity contribution in [1.82, 2.24) is 19.5 Å². The third kappa shape index (κ3) is 3.01. The molecule has 0 aliphatic carbocycles. The first-order valence-corrected chi connectivity index (χ1v) is 7.38. The molecule has 136 valence electrons. The Morgan fingerprint density at radius 1 is 1.28 bits per heavy atom. The Kier molecular flexibility index (Phi) is 4.78. The SMILES string of the molecule is O=C(O)C(CO)Nc1ncnc2c1ncn2C1OC(CO)C(O)C1O. The summed E-state index contributed by atoms with van der Waals surface area (Å²) in [5, 5.41) is 49.8. The Morgan fingerprint density at radius 2 is 2.04 bits per heavy atom. The quantitative estimate of drug-likeness (QED) is 0.317. The van der Waals surface area contributed by atoms with Crippen molar-refractivity contribution in [2.75, 3.05) is 18.5 Å². The van der Waals surface area contributed by atoms with Gasteiger partial charge >= 0.3 is 5.97 Å². The zero-order valence-electron chi connectivity index (χ0n) is 12.8. The summed E-state index contributed by atoms with van der Waals surface area (Å²) < 4.78 is 6.77. The standard InChI is InChI=1S/C13H17N5O7/c19-1-5(13(23)24)17-10-7-11(15-3-14-10)18(4-16-7)12-9(22)8(21)6(2-20)25-12/h3-6,8-9,12,19-22H,1-2H2,(H,23,24)(H,14,15,17). The lowest BCUT2D eigenvalue weighted by Gasteiger charge is -2.17. The minimum atomic E-state index is -1.31. The number of aliphatic hydroxyl groups is 4. The van der Waals surface area contributed by atoms with Gasteiger partial charge in [0.05, 0.1) is 19.5 Å². The van der Waals surface area contributed by atoms with Gasteiger partial charge in [-0.05, 0) is 0 Å². The van der Waals surface area contributed by atoms with E-state index in [0.717, 1.165) is 6.33 Å². The molecule has 3 rings (SSSR count). The van der Waals surface area contributed by atoms with Gasteiger partial charge in [-0.1, -0.05) is 0 Å². The summed E-state index contributed by atoms with van der Waals surface area (Å²) in [6.07, 6.45) is -2.14. The summed E-state index contributed by atoms with van der Waals surface area (Å²) >= 11 is 0. The average Bonchev–Trinajstić information content (AvgIpc) is 3.15. The summed E-state index contributed by atoms with van der Waals surface area (Å²) in [5.74, 6) is -1.19. The molecule has 1 aliphatic rings. The molecule has 1 aliphatic heterocycles. The number of hydrogen-bond donors (Lipinski definition) is 6. The molecular formula is C13H17N5O7. The van der Waals surface area contributed by atoms with Gasteiger partial charge in [0, 0.05) is 0 Å². The summed E-state index contributed by atoms with van der Waals surface area (Å²) in [7, 11) is 0. The van der Waals surface area contributed by atoms with Gasteiger partial charge in [0.1, 0.15) is 30.7 Å². The van der Waals surface area contributed by atoms with Crippen LogP contribution in [0.3, 0.4) is 0 Å². The maximum Gasteiger partial charge on any atom is 0.328 e. The molecular weight excluding hydrogens is 338 g/mol. The number of anilines is 1. The second-order valence-electron chi connectivity index (χ2n) is 5.49. The molecule has 2 aromatic heterocycles. The number of aliphatic carboxylic acids is 1. The van der Waals surface area contributed by atoms with Crippen molar-refractivity contribution >= 4 is 23.0 Å².